The van der Waals surface area contributed by atoms with Crippen molar-refractivity contribution in [1.29, 1.82) is 0 Å². The Balaban J connectivity index is 1.54. The van der Waals surface area contributed by atoms with E-state index in [0.717, 1.165) is 21.8 Å². The van der Waals surface area contributed by atoms with Crippen LogP contribution in [0.15, 0.2) is 68.4 Å². The van der Waals surface area contributed by atoms with Crippen molar-refractivity contribution >= 4 is 68.1 Å². The Morgan fingerprint density at radius 2 is 1.79 bits per heavy atom. The molecular weight excluding hydrogens is 497 g/mol. The summed E-state index contributed by atoms with van der Waals surface area (Å²) in [7, 11) is 0. The number of rotatable bonds is 4. The molecule has 4 nitrogen and oxygen atoms in total. The maximum Gasteiger partial charge on any atom is 0.293 e. The first kappa shape index (κ1) is 20.3. The van der Waals surface area contributed by atoms with E-state index >= 15 is 0 Å². The summed E-state index contributed by atoms with van der Waals surface area (Å²) in [5, 5.41) is 0.690. The van der Waals surface area contributed by atoms with Crippen LogP contribution in [-0.4, -0.2) is 16.0 Å². The van der Waals surface area contributed by atoms with Crippen molar-refractivity contribution in [2.24, 2.45) is 0 Å². The van der Waals surface area contributed by atoms with Gasteiger partial charge in [0.25, 0.3) is 11.1 Å². The molecule has 2 heterocycles. The first-order chi connectivity index (χ1) is 13.9. The number of carbonyl (C=O) groups is 2. The second-order valence-corrected chi connectivity index (χ2v) is 8.97. The molecule has 1 aliphatic rings. The van der Waals surface area contributed by atoms with Gasteiger partial charge in [-0.2, -0.15) is 0 Å². The van der Waals surface area contributed by atoms with Gasteiger partial charge in [0.2, 0.25) is 0 Å². The quantitative estimate of drug-likeness (QED) is 0.348. The van der Waals surface area contributed by atoms with Crippen molar-refractivity contribution in [3.63, 3.8) is 0 Å². The summed E-state index contributed by atoms with van der Waals surface area (Å²) < 4.78 is 6.73. The topological polar surface area (TPSA) is 50.5 Å². The molecule has 1 aromatic heterocycles. The van der Waals surface area contributed by atoms with Crippen LogP contribution in [-0.2, 0) is 11.3 Å². The fourth-order valence-electron chi connectivity index (χ4n) is 2.80. The Labute approximate surface area is 189 Å². The summed E-state index contributed by atoms with van der Waals surface area (Å²) in [6, 6.07) is 16.1. The van der Waals surface area contributed by atoms with Gasteiger partial charge in [0.1, 0.15) is 11.5 Å². The minimum absolute atomic E-state index is 0.221. The van der Waals surface area contributed by atoms with Crippen LogP contribution in [0.4, 0.5) is 4.79 Å². The van der Waals surface area contributed by atoms with Crippen molar-refractivity contribution in [3.8, 4) is 11.3 Å². The highest BCUT2D eigenvalue weighted by Gasteiger charge is 2.35. The highest BCUT2D eigenvalue weighted by atomic mass is 79.9. The molecule has 1 fully saturated rings. The molecular formula is C21H12BrCl2NO3S. The van der Waals surface area contributed by atoms with Gasteiger partial charge in [-0.1, -0.05) is 51.3 Å². The van der Waals surface area contributed by atoms with Crippen LogP contribution in [0.1, 0.15) is 11.3 Å². The fraction of sp³-hybridized carbons (Fsp3) is 0.0476. The summed E-state index contributed by atoms with van der Waals surface area (Å²) in [5.41, 5.74) is 1.56. The van der Waals surface area contributed by atoms with E-state index in [-0.39, 0.29) is 17.7 Å². The zero-order chi connectivity index (χ0) is 20.5. The van der Waals surface area contributed by atoms with Crippen molar-refractivity contribution in [1.82, 2.24) is 4.90 Å². The van der Waals surface area contributed by atoms with Crippen molar-refractivity contribution in [2.45, 2.75) is 6.54 Å². The van der Waals surface area contributed by atoms with E-state index in [1.807, 2.05) is 24.3 Å². The molecule has 0 radical (unpaired) electrons. The lowest BCUT2D eigenvalue weighted by atomic mass is 10.2. The SMILES string of the molecule is O=C1S/C(=C\c2ccc(-c3ccc(Cl)cc3Cl)o2)C(=O)N1Cc1ccc(Br)cc1. The summed E-state index contributed by atoms with van der Waals surface area (Å²) in [6.45, 7) is 0.221. The number of hydrogen-bond donors (Lipinski definition) is 0. The Hall–Kier alpha value is -1.99. The first-order valence-electron chi connectivity index (χ1n) is 8.46. The highest BCUT2D eigenvalue weighted by molar-refractivity contribution is 9.10. The fourth-order valence-corrected chi connectivity index (χ4v) is 4.39. The van der Waals surface area contributed by atoms with Gasteiger partial charge in [-0.3, -0.25) is 14.5 Å². The molecule has 2 aromatic carbocycles. The van der Waals surface area contributed by atoms with Gasteiger partial charge in [0, 0.05) is 21.1 Å². The van der Waals surface area contributed by atoms with Crippen LogP contribution in [0.3, 0.4) is 0 Å². The molecule has 8 heteroatoms. The van der Waals surface area contributed by atoms with Crippen LogP contribution in [0, 0.1) is 0 Å². The molecule has 2 amide bonds. The average molecular weight is 509 g/mol. The summed E-state index contributed by atoms with van der Waals surface area (Å²) in [4.78, 5) is 26.5. The summed E-state index contributed by atoms with van der Waals surface area (Å²) >= 11 is 16.4. The number of thioether (sulfide) groups is 1. The zero-order valence-electron chi connectivity index (χ0n) is 14.7. The zero-order valence-corrected chi connectivity index (χ0v) is 18.6. The molecule has 3 aromatic rings. The number of benzene rings is 2. The van der Waals surface area contributed by atoms with Gasteiger partial charge in [-0.05, 0) is 59.8 Å². The Morgan fingerprint density at radius 1 is 1.03 bits per heavy atom. The van der Waals surface area contributed by atoms with E-state index < -0.39 is 0 Å². The van der Waals surface area contributed by atoms with Crippen LogP contribution in [0.25, 0.3) is 17.4 Å². The predicted octanol–water partition coefficient (Wildman–Crippen LogP) is 7.25. The van der Waals surface area contributed by atoms with Crippen molar-refractivity contribution < 1.29 is 14.0 Å². The Kier molecular flexibility index (Phi) is 5.88. The Morgan fingerprint density at radius 3 is 2.52 bits per heavy atom. The smallest absolute Gasteiger partial charge is 0.293 e. The molecule has 4 rings (SSSR count). The van der Waals surface area contributed by atoms with Crippen molar-refractivity contribution in [2.75, 3.05) is 0 Å². The van der Waals surface area contributed by atoms with E-state index in [9.17, 15) is 9.59 Å². The lowest BCUT2D eigenvalue weighted by molar-refractivity contribution is -0.123. The van der Waals surface area contributed by atoms with E-state index in [0.29, 0.717) is 32.0 Å². The van der Waals surface area contributed by atoms with E-state index in [1.54, 1.807) is 36.4 Å². The third-order valence-corrected chi connectivity index (χ3v) is 6.21. The normalized spacial score (nSPS) is 15.6. The van der Waals surface area contributed by atoms with Crippen LogP contribution in [0.5, 0.6) is 0 Å². The van der Waals surface area contributed by atoms with Gasteiger partial charge >= 0.3 is 0 Å². The van der Waals surface area contributed by atoms with E-state index in [2.05, 4.69) is 15.9 Å². The number of nitrogens with zero attached hydrogens (tertiary/aromatic N) is 1. The first-order valence-corrected chi connectivity index (χ1v) is 10.8. The molecule has 0 bridgehead atoms. The largest absolute Gasteiger partial charge is 0.457 e. The van der Waals surface area contributed by atoms with Gasteiger partial charge in [0.15, 0.2) is 0 Å². The van der Waals surface area contributed by atoms with Gasteiger partial charge in [0.05, 0.1) is 16.5 Å². The monoisotopic (exact) mass is 507 g/mol. The van der Waals surface area contributed by atoms with Gasteiger partial charge in [-0.25, -0.2) is 0 Å². The maximum atomic E-state index is 12.7. The molecule has 0 saturated carbocycles. The van der Waals surface area contributed by atoms with Crippen LogP contribution >= 0.6 is 50.9 Å². The highest BCUT2D eigenvalue weighted by Crippen LogP contribution is 2.36. The number of imide groups is 1. The molecule has 0 atom stereocenters. The molecule has 0 N–H and O–H groups in total. The maximum absolute atomic E-state index is 12.7. The number of furan rings is 1. The second-order valence-electron chi connectivity index (χ2n) is 6.22. The van der Waals surface area contributed by atoms with Crippen molar-refractivity contribution in [3.05, 3.63) is 85.3 Å². The summed E-state index contributed by atoms with van der Waals surface area (Å²) in [5.74, 6) is 0.664. The third-order valence-electron chi connectivity index (χ3n) is 4.22. The van der Waals surface area contributed by atoms with Gasteiger partial charge in [-0.15, -0.1) is 0 Å². The molecule has 1 aliphatic heterocycles. The Bertz CT molecular complexity index is 1140. The number of carbonyl (C=O) groups excluding carboxylic acids is 2. The second kappa shape index (κ2) is 8.40. The van der Waals surface area contributed by atoms with E-state index in [1.165, 1.54) is 4.90 Å². The minimum atomic E-state index is -0.342. The number of hydrogen-bond acceptors (Lipinski definition) is 4. The number of halogens is 3. The van der Waals surface area contributed by atoms with Crippen LogP contribution < -0.4 is 0 Å². The third kappa shape index (κ3) is 4.46. The molecule has 0 aliphatic carbocycles. The number of amides is 2. The molecule has 0 unspecified atom stereocenters. The van der Waals surface area contributed by atoms with Crippen LogP contribution in [0.2, 0.25) is 10.0 Å². The average Bonchev–Trinajstić information content (AvgIpc) is 3.24. The van der Waals surface area contributed by atoms with E-state index in [4.69, 9.17) is 27.6 Å². The standard InChI is InChI=1S/C21H12BrCl2NO3S/c22-13-3-1-12(2-4-13)11-25-20(26)19(29-21(25)27)10-15-6-8-18(28-15)16-7-5-14(23)9-17(16)24/h1-10H,11H2/b19-10-. The minimum Gasteiger partial charge on any atom is -0.457 e. The summed E-state index contributed by atoms with van der Waals surface area (Å²) in [6.07, 6.45) is 1.57. The molecule has 146 valence electrons. The molecule has 0 spiro atoms. The predicted molar refractivity (Wildman–Crippen MR) is 120 cm³/mol. The molecule has 29 heavy (non-hydrogen) atoms. The lowest BCUT2D eigenvalue weighted by Crippen LogP contribution is -2.27. The lowest BCUT2D eigenvalue weighted by Gasteiger charge is -2.12. The van der Waals surface area contributed by atoms with Gasteiger partial charge < -0.3 is 4.42 Å². The molecule has 1 saturated heterocycles.